The van der Waals surface area contributed by atoms with E-state index in [1.165, 1.54) is 11.1 Å². The van der Waals surface area contributed by atoms with E-state index >= 15 is 0 Å². The highest BCUT2D eigenvalue weighted by molar-refractivity contribution is 6.06. The fraction of sp³-hybridized carbons (Fsp3) is 0.240. The number of carbonyl (C=O) groups excluding carboxylic acids is 1. The molecule has 0 spiro atoms. The third-order valence-electron chi connectivity index (χ3n) is 5.79. The molecule has 0 atom stereocenters. The lowest BCUT2D eigenvalue weighted by Gasteiger charge is -2.31. The van der Waals surface area contributed by atoms with Crippen molar-refractivity contribution in [3.63, 3.8) is 0 Å². The maximum absolute atomic E-state index is 13.1. The molecule has 2 heteroatoms. The molecule has 27 heavy (non-hydrogen) atoms. The lowest BCUT2D eigenvalue weighted by atomic mass is 9.88. The van der Waals surface area contributed by atoms with Crippen LogP contribution in [0.3, 0.4) is 0 Å². The Morgan fingerprint density at radius 1 is 0.963 bits per heavy atom. The van der Waals surface area contributed by atoms with Gasteiger partial charge in [0.2, 0.25) is 0 Å². The summed E-state index contributed by atoms with van der Waals surface area (Å²) in [5.41, 5.74) is 3.83. The molecule has 0 N–H and O–H groups in total. The normalized spacial score (nSPS) is 14.1. The summed E-state index contributed by atoms with van der Waals surface area (Å²) in [5.74, 6) is 0.0281. The SMILES string of the molecule is C=Cc1cccc2c(C(=O)OC(C)(C)C3Cc4ccccc4C3)cccc12. The molecule has 136 valence electrons. The van der Waals surface area contributed by atoms with Crippen LogP contribution in [0.5, 0.6) is 0 Å². The van der Waals surface area contributed by atoms with E-state index in [1.807, 2.05) is 56.3 Å². The molecule has 0 radical (unpaired) electrons. The molecule has 0 amide bonds. The van der Waals surface area contributed by atoms with E-state index in [4.69, 9.17) is 4.74 Å². The lowest BCUT2D eigenvalue weighted by Crippen LogP contribution is -2.37. The summed E-state index contributed by atoms with van der Waals surface area (Å²) in [7, 11) is 0. The molecule has 3 aromatic carbocycles. The highest BCUT2D eigenvalue weighted by Gasteiger charge is 2.37. The Morgan fingerprint density at radius 3 is 2.26 bits per heavy atom. The van der Waals surface area contributed by atoms with Gasteiger partial charge in [0.1, 0.15) is 5.60 Å². The van der Waals surface area contributed by atoms with Gasteiger partial charge in [-0.25, -0.2) is 4.79 Å². The van der Waals surface area contributed by atoms with Gasteiger partial charge in [-0.2, -0.15) is 0 Å². The zero-order valence-corrected chi connectivity index (χ0v) is 15.9. The molecule has 0 heterocycles. The molecule has 0 aromatic heterocycles. The minimum absolute atomic E-state index is 0.261. The van der Waals surface area contributed by atoms with Crippen molar-refractivity contribution in [3.8, 4) is 0 Å². The smallest absolute Gasteiger partial charge is 0.339 e. The van der Waals surface area contributed by atoms with Gasteiger partial charge in [-0.05, 0) is 60.2 Å². The van der Waals surface area contributed by atoms with Crippen molar-refractivity contribution < 1.29 is 9.53 Å². The third kappa shape index (κ3) is 3.16. The van der Waals surface area contributed by atoms with Gasteiger partial charge in [0.25, 0.3) is 0 Å². The highest BCUT2D eigenvalue weighted by Crippen LogP contribution is 2.36. The molecule has 4 rings (SSSR count). The van der Waals surface area contributed by atoms with Crippen molar-refractivity contribution in [2.45, 2.75) is 32.3 Å². The Labute approximate surface area is 160 Å². The van der Waals surface area contributed by atoms with Crippen LogP contribution in [0.4, 0.5) is 0 Å². The highest BCUT2D eigenvalue weighted by atomic mass is 16.6. The van der Waals surface area contributed by atoms with Crippen molar-refractivity contribution >= 4 is 22.8 Å². The van der Waals surface area contributed by atoms with Crippen molar-refractivity contribution in [3.05, 3.63) is 89.5 Å². The third-order valence-corrected chi connectivity index (χ3v) is 5.79. The predicted octanol–water partition coefficient (Wildman–Crippen LogP) is 5.83. The summed E-state index contributed by atoms with van der Waals surface area (Å²) in [6.07, 6.45) is 3.72. The predicted molar refractivity (Wildman–Crippen MR) is 111 cm³/mol. The second-order valence-corrected chi connectivity index (χ2v) is 7.82. The largest absolute Gasteiger partial charge is 0.456 e. The molecule has 0 unspecified atom stereocenters. The Morgan fingerprint density at radius 2 is 1.59 bits per heavy atom. The van der Waals surface area contributed by atoms with Gasteiger partial charge in [0.15, 0.2) is 0 Å². The number of rotatable bonds is 4. The molecule has 0 saturated heterocycles. The summed E-state index contributed by atoms with van der Waals surface area (Å²) in [6, 6.07) is 20.2. The van der Waals surface area contributed by atoms with Gasteiger partial charge < -0.3 is 4.74 Å². The van der Waals surface area contributed by atoms with Gasteiger partial charge in [-0.3, -0.25) is 0 Å². The average Bonchev–Trinajstić information content (AvgIpc) is 3.12. The number of esters is 1. The number of fused-ring (bicyclic) bond motifs is 2. The zero-order chi connectivity index (χ0) is 19.0. The van der Waals surface area contributed by atoms with E-state index in [0.717, 1.165) is 29.2 Å². The number of ether oxygens (including phenoxy) is 1. The number of hydrogen-bond donors (Lipinski definition) is 0. The van der Waals surface area contributed by atoms with Crippen LogP contribution in [-0.4, -0.2) is 11.6 Å². The van der Waals surface area contributed by atoms with Crippen LogP contribution >= 0.6 is 0 Å². The quantitative estimate of drug-likeness (QED) is 0.550. The van der Waals surface area contributed by atoms with Crippen LogP contribution in [0.1, 0.15) is 40.9 Å². The summed E-state index contributed by atoms with van der Waals surface area (Å²) >= 11 is 0. The van der Waals surface area contributed by atoms with Gasteiger partial charge in [-0.15, -0.1) is 0 Å². The van der Waals surface area contributed by atoms with Gasteiger partial charge >= 0.3 is 5.97 Å². The maximum Gasteiger partial charge on any atom is 0.339 e. The van der Waals surface area contributed by atoms with Crippen LogP contribution in [0, 0.1) is 5.92 Å². The molecule has 1 aliphatic rings. The second-order valence-electron chi connectivity index (χ2n) is 7.82. The number of hydrogen-bond acceptors (Lipinski definition) is 2. The van der Waals surface area contributed by atoms with Gasteiger partial charge in [0.05, 0.1) is 5.56 Å². The molecule has 0 saturated carbocycles. The molecule has 0 aliphatic heterocycles. The molecule has 2 nitrogen and oxygen atoms in total. The summed E-state index contributed by atoms with van der Waals surface area (Å²) in [5, 5.41) is 1.93. The van der Waals surface area contributed by atoms with Crippen molar-refractivity contribution in [2.24, 2.45) is 5.92 Å². The Bertz CT molecular complexity index is 1000. The fourth-order valence-corrected chi connectivity index (χ4v) is 4.12. The Balaban J connectivity index is 1.61. The molecule has 3 aromatic rings. The maximum atomic E-state index is 13.1. The standard InChI is InChI=1S/C25H24O2/c1-4-17-11-7-13-22-21(17)12-8-14-23(22)24(26)27-25(2,3)20-15-18-9-5-6-10-19(18)16-20/h4-14,20H,1,15-16H2,2-3H3. The van der Waals surface area contributed by atoms with E-state index in [2.05, 4.69) is 30.8 Å². The molecular weight excluding hydrogens is 332 g/mol. The first kappa shape index (κ1) is 17.5. The van der Waals surface area contributed by atoms with Crippen LogP contribution in [-0.2, 0) is 17.6 Å². The van der Waals surface area contributed by atoms with Crippen LogP contribution in [0.25, 0.3) is 16.8 Å². The zero-order valence-electron chi connectivity index (χ0n) is 15.9. The van der Waals surface area contributed by atoms with E-state index in [-0.39, 0.29) is 11.9 Å². The van der Waals surface area contributed by atoms with Gasteiger partial charge in [0, 0.05) is 5.92 Å². The summed E-state index contributed by atoms with van der Waals surface area (Å²) in [4.78, 5) is 13.1. The van der Waals surface area contributed by atoms with Crippen molar-refractivity contribution in [2.75, 3.05) is 0 Å². The first-order valence-corrected chi connectivity index (χ1v) is 9.44. The van der Waals surface area contributed by atoms with E-state index in [1.54, 1.807) is 0 Å². The van der Waals surface area contributed by atoms with Gasteiger partial charge in [-0.1, -0.05) is 67.3 Å². The first-order chi connectivity index (χ1) is 13.0. The van der Waals surface area contributed by atoms with E-state index in [0.29, 0.717) is 5.56 Å². The number of benzene rings is 3. The average molecular weight is 356 g/mol. The topological polar surface area (TPSA) is 26.3 Å². The molecule has 0 bridgehead atoms. The molecule has 0 fully saturated rings. The Hall–Kier alpha value is -2.87. The van der Waals surface area contributed by atoms with E-state index < -0.39 is 5.60 Å². The molecule has 1 aliphatic carbocycles. The van der Waals surface area contributed by atoms with Crippen LogP contribution in [0.15, 0.2) is 67.2 Å². The van der Waals surface area contributed by atoms with Crippen molar-refractivity contribution in [1.82, 2.24) is 0 Å². The van der Waals surface area contributed by atoms with Crippen LogP contribution in [0.2, 0.25) is 0 Å². The molecular formula is C25H24O2. The van der Waals surface area contributed by atoms with Crippen LogP contribution < -0.4 is 0 Å². The minimum Gasteiger partial charge on any atom is -0.456 e. The van der Waals surface area contributed by atoms with Crippen molar-refractivity contribution in [1.29, 1.82) is 0 Å². The summed E-state index contributed by atoms with van der Waals surface area (Å²) in [6.45, 7) is 7.93. The minimum atomic E-state index is -0.533. The monoisotopic (exact) mass is 356 g/mol. The summed E-state index contributed by atoms with van der Waals surface area (Å²) < 4.78 is 6.06. The van der Waals surface area contributed by atoms with E-state index in [9.17, 15) is 4.79 Å². The fourth-order valence-electron chi connectivity index (χ4n) is 4.12. The second kappa shape index (κ2) is 6.70. The lowest BCUT2D eigenvalue weighted by molar-refractivity contribution is -0.0276. The first-order valence-electron chi connectivity index (χ1n) is 9.44. The Kier molecular flexibility index (Phi) is 4.35. The number of carbonyl (C=O) groups is 1.